The van der Waals surface area contributed by atoms with Crippen molar-refractivity contribution in [1.29, 1.82) is 0 Å². The Hall–Kier alpha value is -2.04. The fraction of sp³-hybridized carbons (Fsp3) is 0.765. The molecule has 156 valence electrons. The van der Waals surface area contributed by atoms with Gasteiger partial charge in [-0.25, -0.2) is 9.59 Å². The predicted octanol–water partition coefficient (Wildman–Crippen LogP) is -0.420. The SMILES string of the molecule is CCOCCOC(=O)COCC(=O)OCCN(CCOC(C)=O)CC(C)=O. The number of rotatable bonds is 16. The van der Waals surface area contributed by atoms with Gasteiger partial charge in [0.1, 0.15) is 38.8 Å². The lowest BCUT2D eigenvalue weighted by Gasteiger charge is -2.20. The molecule has 0 bridgehead atoms. The van der Waals surface area contributed by atoms with E-state index in [-0.39, 0.29) is 45.4 Å². The predicted molar refractivity (Wildman–Crippen MR) is 93.0 cm³/mol. The van der Waals surface area contributed by atoms with Gasteiger partial charge in [0.15, 0.2) is 0 Å². The van der Waals surface area contributed by atoms with Crippen LogP contribution < -0.4 is 0 Å². The summed E-state index contributed by atoms with van der Waals surface area (Å²) < 4.78 is 24.5. The maximum absolute atomic E-state index is 11.6. The van der Waals surface area contributed by atoms with Crippen LogP contribution in [0.15, 0.2) is 0 Å². The van der Waals surface area contributed by atoms with E-state index in [9.17, 15) is 19.2 Å². The average molecular weight is 391 g/mol. The lowest BCUT2D eigenvalue weighted by molar-refractivity contribution is -0.156. The van der Waals surface area contributed by atoms with Crippen LogP contribution in [0.5, 0.6) is 0 Å². The minimum atomic E-state index is -0.639. The van der Waals surface area contributed by atoms with Crippen molar-refractivity contribution in [1.82, 2.24) is 4.90 Å². The molecule has 0 saturated heterocycles. The first-order valence-electron chi connectivity index (χ1n) is 8.67. The number of ketones is 1. The van der Waals surface area contributed by atoms with Crippen molar-refractivity contribution in [3.8, 4) is 0 Å². The zero-order valence-electron chi connectivity index (χ0n) is 16.2. The fourth-order valence-electron chi connectivity index (χ4n) is 1.85. The van der Waals surface area contributed by atoms with E-state index in [4.69, 9.17) is 23.7 Å². The van der Waals surface area contributed by atoms with Crippen LogP contribution in [0.3, 0.4) is 0 Å². The van der Waals surface area contributed by atoms with Crippen molar-refractivity contribution in [3.05, 3.63) is 0 Å². The highest BCUT2D eigenvalue weighted by atomic mass is 16.6. The Morgan fingerprint density at radius 1 is 0.741 bits per heavy atom. The van der Waals surface area contributed by atoms with Crippen molar-refractivity contribution in [3.63, 3.8) is 0 Å². The number of hydrogen-bond donors (Lipinski definition) is 0. The van der Waals surface area contributed by atoms with Crippen LogP contribution in [0.4, 0.5) is 0 Å². The van der Waals surface area contributed by atoms with Crippen LogP contribution in [0, 0.1) is 0 Å². The molecule has 0 aromatic carbocycles. The van der Waals surface area contributed by atoms with Gasteiger partial charge >= 0.3 is 17.9 Å². The second-order valence-corrected chi connectivity index (χ2v) is 5.45. The largest absolute Gasteiger partial charge is 0.465 e. The highest BCUT2D eigenvalue weighted by Crippen LogP contribution is 1.93. The number of esters is 3. The highest BCUT2D eigenvalue weighted by Gasteiger charge is 2.11. The first-order chi connectivity index (χ1) is 12.8. The lowest BCUT2D eigenvalue weighted by Crippen LogP contribution is -2.35. The number of nitrogens with zero attached hydrogens (tertiary/aromatic N) is 1. The van der Waals surface area contributed by atoms with E-state index in [1.807, 2.05) is 6.92 Å². The Morgan fingerprint density at radius 3 is 1.81 bits per heavy atom. The molecule has 0 heterocycles. The van der Waals surface area contributed by atoms with Crippen LogP contribution in [0.1, 0.15) is 20.8 Å². The van der Waals surface area contributed by atoms with Gasteiger partial charge in [-0.3, -0.25) is 14.5 Å². The Morgan fingerprint density at radius 2 is 1.30 bits per heavy atom. The summed E-state index contributed by atoms with van der Waals surface area (Å²) in [7, 11) is 0. The second-order valence-electron chi connectivity index (χ2n) is 5.45. The normalized spacial score (nSPS) is 10.5. The van der Waals surface area contributed by atoms with E-state index in [0.29, 0.717) is 26.3 Å². The molecule has 10 nitrogen and oxygen atoms in total. The molecule has 0 unspecified atom stereocenters. The molecular weight excluding hydrogens is 362 g/mol. The maximum atomic E-state index is 11.6. The molecule has 0 aliphatic rings. The van der Waals surface area contributed by atoms with E-state index in [0.717, 1.165) is 0 Å². The minimum absolute atomic E-state index is 0.0361. The minimum Gasteiger partial charge on any atom is -0.465 e. The van der Waals surface area contributed by atoms with Crippen LogP contribution in [-0.2, 0) is 42.9 Å². The van der Waals surface area contributed by atoms with Crippen LogP contribution in [0.25, 0.3) is 0 Å². The van der Waals surface area contributed by atoms with E-state index < -0.39 is 17.9 Å². The molecular formula is C17H29NO9. The van der Waals surface area contributed by atoms with E-state index in [1.165, 1.54) is 13.8 Å². The summed E-state index contributed by atoms with van der Waals surface area (Å²) in [5.41, 5.74) is 0. The number of ether oxygens (including phenoxy) is 5. The Labute approximate surface area is 159 Å². The molecule has 0 amide bonds. The number of carbonyl (C=O) groups is 4. The maximum Gasteiger partial charge on any atom is 0.332 e. The topological polar surface area (TPSA) is 118 Å². The quantitative estimate of drug-likeness (QED) is 0.195. The third kappa shape index (κ3) is 17.1. The number of Topliss-reactive ketones (excluding diaryl/α,β-unsaturated/α-hetero) is 1. The average Bonchev–Trinajstić information content (AvgIpc) is 2.57. The molecule has 27 heavy (non-hydrogen) atoms. The Kier molecular flexibility index (Phi) is 14.9. The smallest absolute Gasteiger partial charge is 0.332 e. The molecule has 0 rings (SSSR count). The highest BCUT2D eigenvalue weighted by molar-refractivity contribution is 5.77. The molecule has 10 heteroatoms. The molecule has 0 N–H and O–H groups in total. The second kappa shape index (κ2) is 16.2. The van der Waals surface area contributed by atoms with Crippen molar-refractivity contribution in [2.45, 2.75) is 20.8 Å². The van der Waals surface area contributed by atoms with Gasteiger partial charge in [0.2, 0.25) is 0 Å². The Balaban J connectivity index is 3.87. The number of hydrogen-bond acceptors (Lipinski definition) is 10. The molecule has 0 saturated carbocycles. The van der Waals surface area contributed by atoms with Crippen molar-refractivity contribution >= 4 is 23.7 Å². The molecule has 0 spiro atoms. The number of carbonyl (C=O) groups excluding carboxylic acids is 4. The van der Waals surface area contributed by atoms with Crippen molar-refractivity contribution in [2.75, 3.05) is 65.9 Å². The zero-order valence-corrected chi connectivity index (χ0v) is 16.2. The zero-order chi connectivity index (χ0) is 20.5. The summed E-state index contributed by atoms with van der Waals surface area (Å²) >= 11 is 0. The van der Waals surface area contributed by atoms with Crippen LogP contribution in [0.2, 0.25) is 0 Å². The van der Waals surface area contributed by atoms with Crippen molar-refractivity contribution in [2.24, 2.45) is 0 Å². The van der Waals surface area contributed by atoms with Crippen molar-refractivity contribution < 1.29 is 42.9 Å². The van der Waals surface area contributed by atoms with E-state index in [2.05, 4.69) is 0 Å². The molecule has 0 aromatic heterocycles. The first kappa shape index (κ1) is 25.0. The van der Waals surface area contributed by atoms with E-state index in [1.54, 1.807) is 4.90 Å². The molecule has 0 aromatic rings. The molecule has 0 radical (unpaired) electrons. The lowest BCUT2D eigenvalue weighted by atomic mass is 10.4. The van der Waals surface area contributed by atoms with Gasteiger partial charge in [-0.15, -0.1) is 0 Å². The summed E-state index contributed by atoms with van der Waals surface area (Å²) in [5.74, 6) is -1.70. The fourth-order valence-corrected chi connectivity index (χ4v) is 1.85. The molecule has 0 atom stereocenters. The van der Waals surface area contributed by atoms with Gasteiger partial charge in [0.05, 0.1) is 13.2 Å². The molecule has 0 fully saturated rings. The third-order valence-electron chi connectivity index (χ3n) is 2.96. The first-order valence-corrected chi connectivity index (χ1v) is 8.67. The van der Waals surface area contributed by atoms with Gasteiger partial charge in [-0.05, 0) is 13.8 Å². The third-order valence-corrected chi connectivity index (χ3v) is 2.96. The van der Waals surface area contributed by atoms with Gasteiger partial charge in [-0.1, -0.05) is 0 Å². The standard InChI is InChI=1S/C17H29NO9/c1-4-23-9-10-27-17(22)13-24-12-16(21)26-8-6-18(11-14(2)19)5-7-25-15(3)20/h4-13H2,1-3H3. The van der Waals surface area contributed by atoms with Gasteiger partial charge < -0.3 is 23.7 Å². The molecule has 0 aliphatic heterocycles. The Bertz CT molecular complexity index is 467. The van der Waals surface area contributed by atoms with E-state index >= 15 is 0 Å². The summed E-state index contributed by atoms with van der Waals surface area (Å²) in [4.78, 5) is 46.6. The summed E-state index contributed by atoms with van der Waals surface area (Å²) in [5, 5.41) is 0. The van der Waals surface area contributed by atoms with Crippen LogP contribution in [-0.4, -0.2) is 94.5 Å². The summed E-state index contributed by atoms with van der Waals surface area (Å²) in [6.45, 7) is 5.76. The summed E-state index contributed by atoms with van der Waals surface area (Å²) in [6.07, 6.45) is 0. The van der Waals surface area contributed by atoms with Gasteiger partial charge in [-0.2, -0.15) is 0 Å². The van der Waals surface area contributed by atoms with Gasteiger partial charge in [0, 0.05) is 26.6 Å². The molecule has 0 aliphatic carbocycles. The van der Waals surface area contributed by atoms with Gasteiger partial charge in [0.25, 0.3) is 0 Å². The summed E-state index contributed by atoms with van der Waals surface area (Å²) in [6, 6.07) is 0. The van der Waals surface area contributed by atoms with Crippen LogP contribution >= 0.6 is 0 Å². The monoisotopic (exact) mass is 391 g/mol.